The highest BCUT2D eigenvalue weighted by atomic mass is 32.2. The number of aryl methyl sites for hydroxylation is 1. The van der Waals surface area contributed by atoms with Gasteiger partial charge in [0.15, 0.2) is 10.6 Å². The molecule has 1 unspecified atom stereocenters. The number of alkyl halides is 3. The first-order valence-electron chi connectivity index (χ1n) is 10.5. The van der Waals surface area contributed by atoms with E-state index in [1.54, 1.807) is 19.2 Å². The van der Waals surface area contributed by atoms with Gasteiger partial charge in [-0.25, -0.2) is 9.97 Å². The van der Waals surface area contributed by atoms with Crippen LogP contribution in [0.2, 0.25) is 0 Å². The predicted octanol–water partition coefficient (Wildman–Crippen LogP) is 4.21. The molecule has 0 saturated carbocycles. The van der Waals surface area contributed by atoms with E-state index < -0.39 is 52.0 Å². The largest absolute Gasteiger partial charge is 0.593 e. The van der Waals surface area contributed by atoms with Crippen molar-refractivity contribution in [2.24, 2.45) is 5.73 Å². The van der Waals surface area contributed by atoms with E-state index in [1.807, 2.05) is 0 Å². The number of halogens is 4. The maximum Gasteiger partial charge on any atom is 0.418 e. The zero-order valence-corrected chi connectivity index (χ0v) is 20.3. The molecule has 1 aromatic carbocycles. The molecule has 3 rings (SSSR count). The van der Waals surface area contributed by atoms with E-state index in [0.29, 0.717) is 17.6 Å². The van der Waals surface area contributed by atoms with Crippen molar-refractivity contribution in [3.63, 3.8) is 0 Å². The molecule has 192 valence electrons. The molecule has 3 aromatic rings. The number of anilines is 1. The van der Waals surface area contributed by atoms with Crippen LogP contribution in [0.1, 0.15) is 27.2 Å². The lowest BCUT2D eigenvalue weighted by molar-refractivity contribution is -0.138. The number of likely N-dealkylation sites (N-methyl/N-ethyl adjacent to an activating group) is 1. The number of nitrogens with two attached hydrogens (primary N) is 1. The highest BCUT2D eigenvalue weighted by molar-refractivity contribution is 7.89. The molecule has 0 aliphatic heterocycles. The zero-order chi connectivity index (χ0) is 26.6. The summed E-state index contributed by atoms with van der Waals surface area (Å²) in [4.78, 5) is 20.9. The quantitative estimate of drug-likeness (QED) is 0.257. The molecule has 0 fully saturated rings. The number of amides is 1. The molecule has 0 aliphatic carbocycles. The van der Waals surface area contributed by atoms with E-state index in [1.165, 1.54) is 29.4 Å². The van der Waals surface area contributed by atoms with Crippen LogP contribution >= 0.6 is 0 Å². The molecule has 36 heavy (non-hydrogen) atoms. The van der Waals surface area contributed by atoms with Crippen LogP contribution in [0.3, 0.4) is 0 Å². The number of nitrogens with one attached hydrogen (secondary N) is 1. The van der Waals surface area contributed by atoms with Crippen molar-refractivity contribution in [2.75, 3.05) is 25.5 Å². The number of hydrogen-bond donors (Lipinski definition) is 2. The highest BCUT2D eigenvalue weighted by Gasteiger charge is 2.36. The van der Waals surface area contributed by atoms with Crippen LogP contribution in [0.4, 0.5) is 23.2 Å². The normalized spacial score (nSPS) is 12.5. The molecule has 1 amide bonds. The van der Waals surface area contributed by atoms with Gasteiger partial charge in [0.05, 0.1) is 29.2 Å². The first kappa shape index (κ1) is 27.3. The van der Waals surface area contributed by atoms with Crippen LogP contribution in [-0.2, 0) is 17.5 Å². The van der Waals surface area contributed by atoms with Gasteiger partial charge < -0.3 is 20.3 Å². The number of ether oxygens (including phenoxy) is 1. The lowest BCUT2D eigenvalue weighted by atomic mass is 10.0. The maximum atomic E-state index is 13.6. The second-order valence-electron chi connectivity index (χ2n) is 7.67. The third-order valence-corrected chi connectivity index (χ3v) is 6.47. The Morgan fingerprint density at radius 1 is 1.25 bits per heavy atom. The van der Waals surface area contributed by atoms with E-state index in [4.69, 9.17) is 10.5 Å². The smallest absolute Gasteiger partial charge is 0.418 e. The summed E-state index contributed by atoms with van der Waals surface area (Å²) in [5.74, 6) is -2.12. The molecular formula is C23H23F4N5O3S. The van der Waals surface area contributed by atoms with Crippen molar-refractivity contribution in [1.82, 2.24) is 14.3 Å². The molecule has 2 heterocycles. The Kier molecular flexibility index (Phi) is 8.51. The minimum Gasteiger partial charge on any atom is -0.593 e. The average Bonchev–Trinajstić information content (AvgIpc) is 2.80. The van der Waals surface area contributed by atoms with E-state index >= 15 is 0 Å². The average molecular weight is 526 g/mol. The van der Waals surface area contributed by atoms with Crippen LogP contribution in [0.15, 0.2) is 47.5 Å². The second kappa shape index (κ2) is 11.2. The van der Waals surface area contributed by atoms with Gasteiger partial charge in [0.25, 0.3) is 5.91 Å². The Morgan fingerprint density at radius 3 is 2.61 bits per heavy atom. The van der Waals surface area contributed by atoms with Crippen molar-refractivity contribution in [3.8, 4) is 11.6 Å². The van der Waals surface area contributed by atoms with E-state index in [0.717, 1.165) is 13.0 Å². The number of pyridine rings is 2. The molecule has 0 bridgehead atoms. The number of carbonyl (C=O) groups excluding carboxylic acids is 1. The van der Waals surface area contributed by atoms with Gasteiger partial charge in [-0.15, -0.1) is 4.31 Å². The van der Waals surface area contributed by atoms with Crippen LogP contribution in [-0.4, -0.2) is 44.9 Å². The summed E-state index contributed by atoms with van der Waals surface area (Å²) in [5, 5.41) is 2.51. The van der Waals surface area contributed by atoms with Gasteiger partial charge in [0.2, 0.25) is 11.8 Å². The fourth-order valence-electron chi connectivity index (χ4n) is 3.26. The monoisotopic (exact) mass is 525 g/mol. The molecule has 0 saturated heterocycles. The maximum absolute atomic E-state index is 13.6. The fourth-order valence-corrected chi connectivity index (χ4v) is 4.31. The topological polar surface area (TPSA) is 116 Å². The Labute approximate surface area is 207 Å². The van der Waals surface area contributed by atoms with Crippen LogP contribution in [0.5, 0.6) is 11.6 Å². The lowest BCUT2D eigenvalue weighted by Gasteiger charge is -2.20. The van der Waals surface area contributed by atoms with Crippen LogP contribution in [0, 0.1) is 19.8 Å². The first-order valence-corrected chi connectivity index (χ1v) is 11.6. The molecule has 0 spiro atoms. The predicted molar refractivity (Wildman–Crippen MR) is 125 cm³/mol. The zero-order valence-electron chi connectivity index (χ0n) is 19.5. The number of rotatable bonds is 8. The van der Waals surface area contributed by atoms with E-state index in [2.05, 4.69) is 15.3 Å². The molecule has 0 aliphatic rings. The van der Waals surface area contributed by atoms with Gasteiger partial charge in [-0.05, 0) is 43.7 Å². The molecule has 0 radical (unpaired) electrons. The van der Waals surface area contributed by atoms with Gasteiger partial charge in [0, 0.05) is 31.5 Å². The Hall–Kier alpha value is -3.26. The van der Waals surface area contributed by atoms with Crippen molar-refractivity contribution < 1.29 is 31.6 Å². The molecule has 3 N–H and O–H groups in total. The van der Waals surface area contributed by atoms with Gasteiger partial charge in [-0.2, -0.15) is 17.6 Å². The summed E-state index contributed by atoms with van der Waals surface area (Å²) in [6.45, 7) is 3.20. The standard InChI is InChI=1S/C23H23F4N5O3S/c1-13-17(23(25,26)27)12-29-22(35-18-7-8-19(24)30-14(18)2)20(13)21(33)31-15-5-4-6-16(11-15)36(34)32(3)10-9-28/h4-8,11-12H,9-10,28H2,1-3H3,(H,31,33). The van der Waals surface area contributed by atoms with Gasteiger partial charge >= 0.3 is 6.18 Å². The number of carbonyl (C=O) groups is 1. The highest BCUT2D eigenvalue weighted by Crippen LogP contribution is 2.37. The summed E-state index contributed by atoms with van der Waals surface area (Å²) in [6, 6.07) is 8.28. The van der Waals surface area contributed by atoms with Gasteiger partial charge in [-0.3, -0.25) is 4.79 Å². The molecule has 2 aromatic heterocycles. The van der Waals surface area contributed by atoms with E-state index in [-0.39, 0.29) is 23.7 Å². The van der Waals surface area contributed by atoms with E-state index in [9.17, 15) is 26.9 Å². The van der Waals surface area contributed by atoms with Crippen molar-refractivity contribution in [1.29, 1.82) is 0 Å². The molecule has 8 nitrogen and oxygen atoms in total. The van der Waals surface area contributed by atoms with Crippen molar-refractivity contribution >= 4 is 23.0 Å². The fraction of sp³-hybridized carbons (Fsp3) is 0.261. The Morgan fingerprint density at radius 2 is 1.97 bits per heavy atom. The van der Waals surface area contributed by atoms with Crippen molar-refractivity contribution in [3.05, 3.63) is 70.9 Å². The molecule has 13 heteroatoms. The molecular weight excluding hydrogens is 502 g/mol. The SMILES string of the molecule is Cc1nc(F)ccc1Oc1ncc(C(F)(F)F)c(C)c1C(=O)Nc1cccc([S+]([O-])N(C)CCN)c1. The molecule has 1 atom stereocenters. The van der Waals surface area contributed by atoms with Crippen molar-refractivity contribution in [2.45, 2.75) is 24.9 Å². The minimum atomic E-state index is -4.78. The summed E-state index contributed by atoms with van der Waals surface area (Å²) in [6.07, 6.45) is -4.22. The summed E-state index contributed by atoms with van der Waals surface area (Å²) < 4.78 is 73.8. The number of benzene rings is 1. The third-order valence-electron chi connectivity index (χ3n) is 5.07. The Bertz CT molecular complexity index is 1260. The minimum absolute atomic E-state index is 0.0115. The van der Waals surface area contributed by atoms with Gasteiger partial charge in [0.1, 0.15) is 5.56 Å². The second-order valence-corrected chi connectivity index (χ2v) is 9.26. The number of hydrogen-bond acceptors (Lipinski definition) is 7. The summed E-state index contributed by atoms with van der Waals surface area (Å²) >= 11 is -1.57. The van der Waals surface area contributed by atoms with Crippen LogP contribution < -0.4 is 15.8 Å². The summed E-state index contributed by atoms with van der Waals surface area (Å²) in [5.41, 5.74) is 3.79. The Balaban J connectivity index is 2.00. The number of aromatic nitrogens is 2. The first-order chi connectivity index (χ1) is 16.9. The number of nitrogens with zero attached hydrogens (tertiary/aromatic N) is 3. The lowest BCUT2D eigenvalue weighted by Crippen LogP contribution is -2.31. The van der Waals surface area contributed by atoms with Crippen LogP contribution in [0.25, 0.3) is 0 Å². The summed E-state index contributed by atoms with van der Waals surface area (Å²) in [7, 11) is 1.61. The van der Waals surface area contributed by atoms with Gasteiger partial charge in [-0.1, -0.05) is 6.07 Å². The third kappa shape index (κ3) is 6.29.